The van der Waals surface area contributed by atoms with Crippen LogP contribution >= 0.6 is 0 Å². The molecule has 0 amide bonds. The van der Waals surface area contributed by atoms with Crippen LogP contribution in [0.5, 0.6) is 0 Å². The Kier molecular flexibility index (Phi) is 4.22. The van der Waals surface area contributed by atoms with E-state index >= 15 is 0 Å². The average Bonchev–Trinajstić information content (AvgIpc) is 2.40. The number of nitrogens with zero attached hydrogens (tertiary/aromatic N) is 1. The van der Waals surface area contributed by atoms with E-state index < -0.39 is 0 Å². The van der Waals surface area contributed by atoms with Gasteiger partial charge in [0.25, 0.3) is 0 Å². The lowest BCUT2D eigenvalue weighted by Gasteiger charge is -2.20. The van der Waals surface area contributed by atoms with E-state index in [1.165, 1.54) is 24.4 Å². The molecule has 100 valence electrons. The minimum atomic E-state index is -0.345. The van der Waals surface area contributed by atoms with Gasteiger partial charge in [0.05, 0.1) is 11.9 Å². The van der Waals surface area contributed by atoms with Crippen molar-refractivity contribution in [1.29, 1.82) is 0 Å². The number of halogens is 2. The summed E-state index contributed by atoms with van der Waals surface area (Å²) in [5.41, 5.74) is 1.77. The van der Waals surface area contributed by atoms with Crippen molar-refractivity contribution in [2.24, 2.45) is 0 Å². The fraction of sp³-hybridized carbons (Fsp3) is 0.267. The normalized spacial score (nSPS) is 14.1. The number of pyridine rings is 1. The number of rotatable bonds is 4. The minimum absolute atomic E-state index is 0.0133. The molecule has 0 aliphatic heterocycles. The zero-order valence-electron chi connectivity index (χ0n) is 10.9. The van der Waals surface area contributed by atoms with Crippen molar-refractivity contribution in [2.75, 3.05) is 0 Å². The molecule has 1 heterocycles. The van der Waals surface area contributed by atoms with Crippen LogP contribution in [0.2, 0.25) is 0 Å². The summed E-state index contributed by atoms with van der Waals surface area (Å²) < 4.78 is 25.6. The second kappa shape index (κ2) is 5.89. The topological polar surface area (TPSA) is 24.9 Å². The maximum atomic E-state index is 12.8. The molecule has 19 heavy (non-hydrogen) atoms. The summed E-state index contributed by atoms with van der Waals surface area (Å²) in [5, 5.41) is 3.34. The van der Waals surface area contributed by atoms with Gasteiger partial charge >= 0.3 is 0 Å². The Bertz CT molecular complexity index is 473. The molecule has 0 aliphatic carbocycles. The van der Waals surface area contributed by atoms with Crippen LogP contribution in [0.1, 0.15) is 37.2 Å². The van der Waals surface area contributed by atoms with Gasteiger partial charge in [0.2, 0.25) is 0 Å². The Morgan fingerprint density at radius 1 is 0.895 bits per heavy atom. The van der Waals surface area contributed by atoms with Gasteiger partial charge < -0.3 is 5.32 Å². The Morgan fingerprint density at radius 2 is 1.53 bits per heavy atom. The smallest absolute Gasteiger partial charge is 0.141 e. The third-order valence-corrected chi connectivity index (χ3v) is 3.06. The van der Waals surface area contributed by atoms with E-state index in [2.05, 4.69) is 10.3 Å². The number of benzene rings is 1. The minimum Gasteiger partial charge on any atom is -0.302 e. The van der Waals surface area contributed by atoms with E-state index in [-0.39, 0.29) is 23.7 Å². The first-order valence-corrected chi connectivity index (χ1v) is 6.19. The zero-order valence-corrected chi connectivity index (χ0v) is 10.9. The van der Waals surface area contributed by atoms with E-state index in [9.17, 15) is 8.78 Å². The molecule has 1 aromatic carbocycles. The highest BCUT2D eigenvalue weighted by atomic mass is 19.1. The second-order valence-corrected chi connectivity index (χ2v) is 4.56. The van der Waals surface area contributed by atoms with E-state index in [1.807, 2.05) is 13.8 Å². The molecular weight excluding hydrogens is 246 g/mol. The second-order valence-electron chi connectivity index (χ2n) is 4.56. The highest BCUT2D eigenvalue weighted by molar-refractivity contribution is 5.20. The van der Waals surface area contributed by atoms with Gasteiger partial charge in [-0.3, -0.25) is 4.98 Å². The summed E-state index contributed by atoms with van der Waals surface area (Å²) in [4.78, 5) is 4.04. The van der Waals surface area contributed by atoms with Crippen LogP contribution < -0.4 is 5.32 Å². The molecule has 1 aromatic heterocycles. The maximum absolute atomic E-state index is 12.8. The van der Waals surface area contributed by atoms with Gasteiger partial charge in [0, 0.05) is 12.1 Å². The van der Waals surface area contributed by atoms with Gasteiger partial charge in [-0.2, -0.15) is 0 Å². The summed E-state index contributed by atoms with van der Waals surface area (Å²) >= 11 is 0. The van der Waals surface area contributed by atoms with E-state index in [0.717, 1.165) is 11.3 Å². The van der Waals surface area contributed by atoms with Crippen LogP contribution in [0.25, 0.3) is 0 Å². The van der Waals surface area contributed by atoms with Gasteiger partial charge in [-0.1, -0.05) is 12.1 Å². The highest BCUT2D eigenvalue weighted by Crippen LogP contribution is 2.18. The van der Waals surface area contributed by atoms with Gasteiger partial charge in [-0.25, -0.2) is 8.78 Å². The maximum Gasteiger partial charge on any atom is 0.141 e. The summed E-state index contributed by atoms with van der Waals surface area (Å²) in [6.07, 6.45) is 1.20. The van der Waals surface area contributed by atoms with Crippen LogP contribution in [0.15, 0.2) is 42.6 Å². The van der Waals surface area contributed by atoms with Crippen LogP contribution in [-0.2, 0) is 0 Å². The highest BCUT2D eigenvalue weighted by Gasteiger charge is 2.12. The first kappa shape index (κ1) is 13.6. The number of hydrogen-bond donors (Lipinski definition) is 1. The third-order valence-electron chi connectivity index (χ3n) is 3.06. The van der Waals surface area contributed by atoms with E-state index in [4.69, 9.17) is 0 Å². The first-order chi connectivity index (χ1) is 9.06. The van der Waals surface area contributed by atoms with Crippen LogP contribution in [0, 0.1) is 11.6 Å². The molecule has 2 nitrogen and oxygen atoms in total. The molecule has 0 radical (unpaired) electrons. The van der Waals surface area contributed by atoms with E-state index in [0.29, 0.717) is 0 Å². The quantitative estimate of drug-likeness (QED) is 0.907. The van der Waals surface area contributed by atoms with Crippen molar-refractivity contribution in [3.63, 3.8) is 0 Å². The molecule has 0 saturated heterocycles. The fourth-order valence-electron chi connectivity index (χ4n) is 1.95. The number of nitrogens with one attached hydrogen (secondary N) is 1. The molecule has 2 aromatic rings. The van der Waals surface area contributed by atoms with Gasteiger partial charge in [-0.15, -0.1) is 0 Å². The largest absolute Gasteiger partial charge is 0.302 e. The molecular formula is C15H16F2N2. The molecule has 0 bridgehead atoms. The Morgan fingerprint density at radius 3 is 2.11 bits per heavy atom. The van der Waals surface area contributed by atoms with Crippen molar-refractivity contribution in [2.45, 2.75) is 25.9 Å². The predicted octanol–water partition coefficient (Wildman–Crippen LogP) is 3.77. The van der Waals surface area contributed by atoms with Crippen LogP contribution in [0.3, 0.4) is 0 Å². The van der Waals surface area contributed by atoms with Gasteiger partial charge in [0.1, 0.15) is 11.6 Å². The van der Waals surface area contributed by atoms with E-state index in [1.54, 1.807) is 18.2 Å². The van der Waals surface area contributed by atoms with Crippen molar-refractivity contribution in [3.8, 4) is 0 Å². The molecule has 1 N–H and O–H groups in total. The Balaban J connectivity index is 2.03. The summed E-state index contributed by atoms with van der Waals surface area (Å²) in [6, 6.07) is 9.47. The first-order valence-electron chi connectivity index (χ1n) is 6.19. The lowest BCUT2D eigenvalue weighted by atomic mass is 10.1. The lowest BCUT2D eigenvalue weighted by molar-refractivity contribution is 0.483. The molecule has 0 spiro atoms. The fourth-order valence-corrected chi connectivity index (χ4v) is 1.95. The van der Waals surface area contributed by atoms with Crippen molar-refractivity contribution >= 4 is 0 Å². The average molecular weight is 262 g/mol. The Hall–Kier alpha value is -1.81. The number of aromatic nitrogens is 1. The molecule has 2 atom stereocenters. The van der Waals surface area contributed by atoms with Crippen molar-refractivity contribution in [3.05, 3.63) is 65.5 Å². The summed E-state index contributed by atoms with van der Waals surface area (Å²) in [5.74, 6) is -0.591. The molecule has 0 saturated carbocycles. The number of hydrogen-bond acceptors (Lipinski definition) is 2. The van der Waals surface area contributed by atoms with Crippen molar-refractivity contribution < 1.29 is 8.78 Å². The molecule has 0 fully saturated rings. The lowest BCUT2D eigenvalue weighted by Crippen LogP contribution is -2.23. The SMILES string of the molecule is CC(N[C@H](C)c1ccc(F)cc1)c1ccc(F)cn1. The molecule has 2 rings (SSSR count). The summed E-state index contributed by atoms with van der Waals surface area (Å²) in [7, 11) is 0. The third kappa shape index (κ3) is 3.58. The van der Waals surface area contributed by atoms with Crippen molar-refractivity contribution in [1.82, 2.24) is 10.3 Å². The predicted molar refractivity (Wildman–Crippen MR) is 70.6 cm³/mol. The van der Waals surface area contributed by atoms with Crippen LogP contribution in [-0.4, -0.2) is 4.98 Å². The van der Waals surface area contributed by atoms with Gasteiger partial charge in [0.15, 0.2) is 0 Å². The van der Waals surface area contributed by atoms with Gasteiger partial charge in [-0.05, 0) is 43.7 Å². The standard InChI is InChI=1S/C15H16F2N2/c1-10(12-3-5-13(16)6-4-12)19-11(2)15-8-7-14(17)9-18-15/h3-11,19H,1-2H3/t10-,11?/m1/s1. The summed E-state index contributed by atoms with van der Waals surface area (Å²) in [6.45, 7) is 3.95. The molecule has 4 heteroatoms. The monoisotopic (exact) mass is 262 g/mol. The molecule has 1 unspecified atom stereocenters. The Labute approximate surface area is 111 Å². The zero-order chi connectivity index (χ0) is 13.8. The molecule has 0 aliphatic rings. The van der Waals surface area contributed by atoms with Crippen LogP contribution in [0.4, 0.5) is 8.78 Å².